The van der Waals surface area contributed by atoms with Gasteiger partial charge in [0, 0.05) is 13.6 Å². The van der Waals surface area contributed by atoms with E-state index in [1.54, 1.807) is 19.1 Å². The second kappa shape index (κ2) is 5.86. The van der Waals surface area contributed by atoms with Crippen LogP contribution in [0.3, 0.4) is 0 Å². The number of nitrogens with one attached hydrogen (secondary N) is 1. The Morgan fingerprint density at radius 1 is 1.52 bits per heavy atom. The number of aryl methyl sites for hydroxylation is 1. The first-order valence-corrected chi connectivity index (χ1v) is 6.45. The summed E-state index contributed by atoms with van der Waals surface area (Å²) in [6.07, 6.45) is 0. The van der Waals surface area contributed by atoms with Crippen LogP contribution in [-0.2, 0) is 16.1 Å². The summed E-state index contributed by atoms with van der Waals surface area (Å²) in [5.41, 5.74) is 0. The van der Waals surface area contributed by atoms with Gasteiger partial charge >= 0.3 is 12.0 Å². The van der Waals surface area contributed by atoms with Crippen molar-refractivity contribution in [3.63, 3.8) is 0 Å². The highest BCUT2D eigenvalue weighted by molar-refractivity contribution is 5.90. The van der Waals surface area contributed by atoms with E-state index < -0.39 is 18.0 Å². The molecular weight excluding hydrogens is 278 g/mol. The second-order valence-electron chi connectivity index (χ2n) is 4.94. The molecule has 3 amide bonds. The third-order valence-electron chi connectivity index (χ3n) is 3.23. The fourth-order valence-electron chi connectivity index (χ4n) is 2.15. The Morgan fingerprint density at radius 3 is 2.81 bits per heavy atom. The normalized spacial score (nSPS) is 18.3. The minimum atomic E-state index is -1.15. The fourth-order valence-corrected chi connectivity index (χ4v) is 2.15. The Hall–Kier alpha value is -2.51. The van der Waals surface area contributed by atoms with Crippen molar-refractivity contribution in [3.05, 3.63) is 23.7 Å². The summed E-state index contributed by atoms with van der Waals surface area (Å²) in [5, 5.41) is 11.6. The minimum absolute atomic E-state index is 0.0897. The zero-order valence-corrected chi connectivity index (χ0v) is 11.8. The Kier molecular flexibility index (Phi) is 4.15. The van der Waals surface area contributed by atoms with Crippen molar-refractivity contribution in [2.24, 2.45) is 0 Å². The van der Waals surface area contributed by atoms with Gasteiger partial charge in [0.25, 0.3) is 0 Å². The largest absolute Gasteiger partial charge is 0.480 e. The smallest absolute Gasteiger partial charge is 0.328 e. The molecule has 2 N–H and O–H groups in total. The van der Waals surface area contributed by atoms with E-state index in [1.165, 1.54) is 11.9 Å². The highest BCUT2D eigenvalue weighted by Gasteiger charge is 2.36. The highest BCUT2D eigenvalue weighted by atomic mass is 16.4. The highest BCUT2D eigenvalue weighted by Crippen LogP contribution is 2.13. The zero-order chi connectivity index (χ0) is 15.6. The van der Waals surface area contributed by atoms with Crippen molar-refractivity contribution in [1.29, 1.82) is 0 Å². The van der Waals surface area contributed by atoms with E-state index in [4.69, 9.17) is 9.52 Å². The van der Waals surface area contributed by atoms with Crippen LogP contribution in [0.15, 0.2) is 16.5 Å². The summed E-state index contributed by atoms with van der Waals surface area (Å²) in [4.78, 5) is 37.3. The molecule has 0 bridgehead atoms. The summed E-state index contributed by atoms with van der Waals surface area (Å²) in [5.74, 6) is -0.197. The topological polar surface area (TPSA) is 103 Å². The maximum absolute atomic E-state index is 12.3. The number of carboxylic acid groups (broad SMARTS) is 1. The van der Waals surface area contributed by atoms with Crippen LogP contribution >= 0.6 is 0 Å². The summed E-state index contributed by atoms with van der Waals surface area (Å²) in [6.45, 7) is 1.64. The van der Waals surface area contributed by atoms with E-state index in [0.29, 0.717) is 5.76 Å². The van der Waals surface area contributed by atoms with E-state index in [9.17, 15) is 14.4 Å². The summed E-state index contributed by atoms with van der Waals surface area (Å²) in [6, 6.07) is 1.95. The van der Waals surface area contributed by atoms with Crippen molar-refractivity contribution in [3.8, 4) is 0 Å². The number of urea groups is 1. The van der Waals surface area contributed by atoms with Gasteiger partial charge in [0.05, 0.1) is 6.54 Å². The number of carbonyl (C=O) groups is 3. The van der Waals surface area contributed by atoms with Gasteiger partial charge in [-0.25, -0.2) is 9.59 Å². The van der Waals surface area contributed by atoms with Crippen LogP contribution in [0.5, 0.6) is 0 Å². The van der Waals surface area contributed by atoms with Crippen LogP contribution in [0.4, 0.5) is 4.79 Å². The molecule has 21 heavy (non-hydrogen) atoms. The lowest BCUT2D eigenvalue weighted by molar-refractivity contribution is -0.144. The van der Waals surface area contributed by atoms with Crippen LogP contribution in [0.25, 0.3) is 0 Å². The number of carboxylic acids is 1. The van der Waals surface area contributed by atoms with E-state index >= 15 is 0 Å². The predicted molar refractivity (Wildman–Crippen MR) is 71.4 cm³/mol. The standard InChI is InChI=1S/C13H17N3O5/c1-8-3-4-9(21-8)6-15(2)13(20)16-7-11(17)14-5-10(16)12(18)19/h3-4,10H,5-7H2,1-2H3,(H,14,17)(H,18,19). The number of rotatable bonds is 3. The molecule has 114 valence electrons. The number of furan rings is 1. The monoisotopic (exact) mass is 295 g/mol. The first-order chi connectivity index (χ1) is 9.88. The SMILES string of the molecule is Cc1ccc(CN(C)C(=O)N2CC(=O)NCC2C(=O)O)o1. The van der Waals surface area contributed by atoms with Crippen LogP contribution in [0.2, 0.25) is 0 Å². The van der Waals surface area contributed by atoms with Crippen LogP contribution < -0.4 is 5.32 Å². The van der Waals surface area contributed by atoms with Gasteiger partial charge in [-0.1, -0.05) is 0 Å². The van der Waals surface area contributed by atoms with Gasteiger partial charge in [-0.2, -0.15) is 0 Å². The molecule has 0 saturated carbocycles. The molecule has 0 aromatic carbocycles. The molecule has 8 nitrogen and oxygen atoms in total. The molecule has 0 spiro atoms. The maximum Gasteiger partial charge on any atom is 0.328 e. The average molecular weight is 295 g/mol. The van der Waals surface area contributed by atoms with Gasteiger partial charge in [-0.15, -0.1) is 0 Å². The van der Waals surface area contributed by atoms with Crippen molar-refractivity contribution < 1.29 is 23.9 Å². The molecule has 2 heterocycles. The average Bonchev–Trinajstić information content (AvgIpc) is 2.82. The van der Waals surface area contributed by atoms with Gasteiger partial charge in [0.1, 0.15) is 24.1 Å². The first kappa shape index (κ1) is 14.9. The molecule has 1 fully saturated rings. The number of aliphatic carboxylic acids is 1. The van der Waals surface area contributed by atoms with E-state index in [1.807, 2.05) is 0 Å². The summed E-state index contributed by atoms with van der Waals surface area (Å²) < 4.78 is 5.38. The third kappa shape index (κ3) is 3.33. The molecule has 1 atom stereocenters. The summed E-state index contributed by atoms with van der Waals surface area (Å²) in [7, 11) is 1.53. The predicted octanol–water partition coefficient (Wildman–Crippen LogP) is 0.0248. The Balaban J connectivity index is 2.08. The summed E-state index contributed by atoms with van der Waals surface area (Å²) >= 11 is 0. The zero-order valence-electron chi connectivity index (χ0n) is 11.8. The molecule has 1 saturated heterocycles. The van der Waals surface area contributed by atoms with E-state index in [0.717, 1.165) is 10.7 Å². The molecular formula is C13H17N3O5. The lowest BCUT2D eigenvalue weighted by Gasteiger charge is -2.35. The van der Waals surface area contributed by atoms with Crippen molar-refractivity contribution >= 4 is 17.9 Å². The molecule has 0 aliphatic carbocycles. The Bertz CT molecular complexity index is 568. The van der Waals surface area contributed by atoms with Crippen LogP contribution in [0, 0.1) is 6.92 Å². The van der Waals surface area contributed by atoms with Crippen molar-refractivity contribution in [2.75, 3.05) is 20.1 Å². The van der Waals surface area contributed by atoms with Crippen LogP contribution in [0.1, 0.15) is 11.5 Å². The molecule has 1 aliphatic heterocycles. The van der Waals surface area contributed by atoms with Crippen LogP contribution in [-0.4, -0.2) is 59.0 Å². The van der Waals surface area contributed by atoms with E-state index in [-0.39, 0.29) is 25.5 Å². The number of piperazine rings is 1. The van der Waals surface area contributed by atoms with Gasteiger partial charge in [-0.3, -0.25) is 9.69 Å². The fraction of sp³-hybridized carbons (Fsp3) is 0.462. The third-order valence-corrected chi connectivity index (χ3v) is 3.23. The first-order valence-electron chi connectivity index (χ1n) is 6.45. The quantitative estimate of drug-likeness (QED) is 0.818. The molecule has 8 heteroatoms. The number of carbonyl (C=O) groups excluding carboxylic acids is 2. The number of hydrogen-bond acceptors (Lipinski definition) is 4. The lowest BCUT2D eigenvalue weighted by Crippen LogP contribution is -2.61. The Morgan fingerprint density at radius 2 is 2.24 bits per heavy atom. The molecule has 2 rings (SSSR count). The molecule has 1 unspecified atom stereocenters. The molecule has 0 radical (unpaired) electrons. The van der Waals surface area contributed by atoms with Crippen molar-refractivity contribution in [1.82, 2.24) is 15.1 Å². The van der Waals surface area contributed by atoms with Gasteiger partial charge < -0.3 is 19.7 Å². The van der Waals surface area contributed by atoms with Gasteiger partial charge in [0.15, 0.2) is 0 Å². The molecule has 1 aliphatic rings. The number of nitrogens with zero attached hydrogens (tertiary/aromatic N) is 2. The lowest BCUT2D eigenvalue weighted by atomic mass is 10.2. The van der Waals surface area contributed by atoms with Crippen molar-refractivity contribution in [2.45, 2.75) is 19.5 Å². The van der Waals surface area contributed by atoms with E-state index in [2.05, 4.69) is 5.32 Å². The van der Waals surface area contributed by atoms with Gasteiger partial charge in [-0.05, 0) is 19.1 Å². The molecule has 1 aromatic rings. The molecule has 1 aromatic heterocycles. The number of amides is 3. The number of hydrogen-bond donors (Lipinski definition) is 2. The minimum Gasteiger partial charge on any atom is -0.480 e. The Labute approximate surface area is 121 Å². The second-order valence-corrected chi connectivity index (χ2v) is 4.94. The van der Waals surface area contributed by atoms with Gasteiger partial charge in [0.2, 0.25) is 5.91 Å². The maximum atomic E-state index is 12.3.